The first-order chi connectivity index (χ1) is 27.8. The smallest absolute Gasteiger partial charge is 0.101 e. The van der Waals surface area contributed by atoms with Gasteiger partial charge in [0.15, 0.2) is 0 Å². The quantitative estimate of drug-likeness (QED) is 0.156. The lowest BCUT2D eigenvalue weighted by Gasteiger charge is -2.31. The van der Waals surface area contributed by atoms with Crippen LogP contribution >= 0.6 is 0 Å². The molecule has 0 radical (unpaired) electrons. The highest BCUT2D eigenvalue weighted by Gasteiger charge is 2.29. The fourth-order valence-electron chi connectivity index (χ4n) is 8.06. The normalized spacial score (nSPS) is 11.2. The van der Waals surface area contributed by atoms with Crippen molar-refractivity contribution in [1.29, 1.82) is 0 Å². The molecule has 0 spiro atoms. The van der Waals surface area contributed by atoms with E-state index in [4.69, 9.17) is 5.10 Å². The lowest BCUT2D eigenvalue weighted by Crippen LogP contribution is -2.15. The lowest BCUT2D eigenvalue weighted by atomic mass is 9.95. The van der Waals surface area contributed by atoms with Crippen molar-refractivity contribution < 1.29 is 0 Å². The van der Waals surface area contributed by atoms with Crippen LogP contribution in [0.25, 0.3) is 72.2 Å². The summed E-state index contributed by atoms with van der Waals surface area (Å²) in [6.07, 6.45) is 0. The third kappa shape index (κ3) is 5.83. The van der Waals surface area contributed by atoms with Crippen molar-refractivity contribution in [3.63, 3.8) is 0 Å². The van der Waals surface area contributed by atoms with Crippen LogP contribution < -0.4 is 4.90 Å². The number of benzene rings is 8. The van der Waals surface area contributed by atoms with Gasteiger partial charge in [0.2, 0.25) is 0 Å². The average Bonchev–Trinajstić information content (AvgIpc) is 3.69. The molecule has 0 aliphatic rings. The molecule has 10 rings (SSSR count). The molecule has 56 heavy (non-hydrogen) atoms. The van der Waals surface area contributed by atoms with E-state index in [1.165, 1.54) is 11.1 Å². The minimum Gasteiger partial charge on any atom is -0.307 e. The van der Waals surface area contributed by atoms with Gasteiger partial charge in [-0.1, -0.05) is 206 Å². The maximum absolute atomic E-state index is 5.64. The first-order valence-corrected chi connectivity index (χ1v) is 19.1. The third-order valence-electron chi connectivity index (χ3n) is 10.6. The van der Waals surface area contributed by atoms with Gasteiger partial charge in [0, 0.05) is 38.7 Å². The number of anilines is 3. The van der Waals surface area contributed by atoms with Gasteiger partial charge in [-0.05, 0) is 40.5 Å². The summed E-state index contributed by atoms with van der Waals surface area (Å²) in [5, 5.41) is 7.89. The highest BCUT2D eigenvalue weighted by Crippen LogP contribution is 2.51. The first kappa shape index (κ1) is 33.1. The second kappa shape index (κ2) is 14.4. The third-order valence-corrected chi connectivity index (χ3v) is 10.6. The molecule has 0 saturated carbocycles. The molecule has 0 unspecified atom stereocenters. The number of hydrogen-bond acceptors (Lipinski definition) is 2. The number of fused-ring (bicyclic) bond motifs is 3. The van der Waals surface area contributed by atoms with E-state index in [0.717, 1.165) is 78.1 Å². The summed E-state index contributed by atoms with van der Waals surface area (Å²) < 4.78 is 2.22. The number of pyridine rings is 1. The standard InChI is InChI=1S/C53H37N3/c1-6-20-38(21-7-1)39-34-36-44(37-35-39)55(48-33-19-18-30-45(48)40-22-8-2-9-23-40)53-47-32-17-16-31-46(47)52-49(41-24-10-3-11-25-41)50(42-26-12-4-13-27-42)54-56(52)51(53)43-28-14-5-15-29-43/h1-37H. The van der Waals surface area contributed by atoms with E-state index in [-0.39, 0.29) is 0 Å². The Bertz CT molecular complexity index is 2920. The van der Waals surface area contributed by atoms with Crippen molar-refractivity contribution in [2.24, 2.45) is 0 Å². The predicted molar refractivity (Wildman–Crippen MR) is 235 cm³/mol. The molecule has 2 heterocycles. The van der Waals surface area contributed by atoms with Crippen LogP contribution in [0, 0.1) is 0 Å². The zero-order valence-electron chi connectivity index (χ0n) is 30.7. The molecule has 0 N–H and O–H groups in total. The lowest BCUT2D eigenvalue weighted by molar-refractivity contribution is 0.976. The topological polar surface area (TPSA) is 20.5 Å². The molecule has 3 heteroatoms. The SMILES string of the molecule is c1ccc(-c2ccc(N(c3ccccc3-c3ccccc3)c3c(-c4ccccc4)n4nc(-c5ccccc5)c(-c5ccccc5)c4c4ccccc34)cc2)cc1. The van der Waals surface area contributed by atoms with Gasteiger partial charge in [0.1, 0.15) is 5.69 Å². The summed E-state index contributed by atoms with van der Waals surface area (Å²) in [4.78, 5) is 2.45. The zero-order chi connectivity index (χ0) is 37.3. The van der Waals surface area contributed by atoms with E-state index >= 15 is 0 Å². The van der Waals surface area contributed by atoms with Crippen molar-refractivity contribution in [1.82, 2.24) is 9.61 Å². The Hall–Kier alpha value is -7.49. The molecule has 10 aromatic rings. The molecule has 0 aliphatic carbocycles. The second-order valence-electron chi connectivity index (χ2n) is 14.0. The van der Waals surface area contributed by atoms with Crippen molar-refractivity contribution in [3.05, 3.63) is 224 Å². The Kier molecular flexibility index (Phi) is 8.51. The van der Waals surface area contributed by atoms with Gasteiger partial charge >= 0.3 is 0 Å². The van der Waals surface area contributed by atoms with Crippen LogP contribution in [-0.2, 0) is 0 Å². The Labute approximate surface area is 327 Å². The summed E-state index contributed by atoms with van der Waals surface area (Å²) in [5.41, 5.74) is 15.2. The van der Waals surface area contributed by atoms with E-state index in [2.05, 4.69) is 234 Å². The van der Waals surface area contributed by atoms with Crippen molar-refractivity contribution in [3.8, 4) is 55.9 Å². The second-order valence-corrected chi connectivity index (χ2v) is 14.0. The Morgan fingerprint density at radius 1 is 0.357 bits per heavy atom. The fourth-order valence-corrected chi connectivity index (χ4v) is 8.06. The van der Waals surface area contributed by atoms with E-state index in [9.17, 15) is 0 Å². The van der Waals surface area contributed by atoms with Gasteiger partial charge in [-0.3, -0.25) is 0 Å². The van der Waals surface area contributed by atoms with E-state index < -0.39 is 0 Å². The average molecular weight is 716 g/mol. The van der Waals surface area contributed by atoms with Crippen LogP contribution in [0.2, 0.25) is 0 Å². The van der Waals surface area contributed by atoms with Crippen molar-refractivity contribution in [2.75, 3.05) is 4.90 Å². The number of aromatic nitrogens is 2. The monoisotopic (exact) mass is 715 g/mol. The highest BCUT2D eigenvalue weighted by molar-refractivity contribution is 6.16. The summed E-state index contributed by atoms with van der Waals surface area (Å²) in [6.45, 7) is 0. The number of nitrogens with zero attached hydrogens (tertiary/aromatic N) is 3. The molecule has 0 saturated heterocycles. The largest absolute Gasteiger partial charge is 0.307 e. The summed E-state index contributed by atoms with van der Waals surface area (Å²) >= 11 is 0. The van der Waals surface area contributed by atoms with E-state index in [1.807, 2.05) is 0 Å². The maximum atomic E-state index is 5.64. The molecular weight excluding hydrogens is 679 g/mol. The van der Waals surface area contributed by atoms with Gasteiger partial charge in [-0.15, -0.1) is 0 Å². The van der Waals surface area contributed by atoms with Gasteiger partial charge < -0.3 is 4.90 Å². The molecule has 0 atom stereocenters. The first-order valence-electron chi connectivity index (χ1n) is 19.1. The molecule has 0 amide bonds. The summed E-state index contributed by atoms with van der Waals surface area (Å²) in [7, 11) is 0. The van der Waals surface area contributed by atoms with Crippen LogP contribution in [0.1, 0.15) is 0 Å². The van der Waals surface area contributed by atoms with Crippen LogP contribution in [0.4, 0.5) is 17.1 Å². The van der Waals surface area contributed by atoms with Gasteiger partial charge in [-0.25, -0.2) is 4.52 Å². The van der Waals surface area contributed by atoms with Crippen molar-refractivity contribution in [2.45, 2.75) is 0 Å². The van der Waals surface area contributed by atoms with Crippen LogP contribution in [-0.4, -0.2) is 9.61 Å². The summed E-state index contributed by atoms with van der Waals surface area (Å²) in [6, 6.07) is 79.9. The Morgan fingerprint density at radius 2 is 0.821 bits per heavy atom. The minimum absolute atomic E-state index is 0.944. The molecule has 0 bridgehead atoms. The zero-order valence-corrected chi connectivity index (χ0v) is 30.7. The van der Waals surface area contributed by atoms with E-state index in [1.54, 1.807) is 0 Å². The van der Waals surface area contributed by atoms with Gasteiger partial charge in [0.25, 0.3) is 0 Å². The Morgan fingerprint density at radius 3 is 1.45 bits per heavy atom. The molecular formula is C53H37N3. The molecule has 0 fully saturated rings. The molecule has 0 aliphatic heterocycles. The molecule has 8 aromatic carbocycles. The fraction of sp³-hybridized carbons (Fsp3) is 0. The molecule has 264 valence electrons. The van der Waals surface area contributed by atoms with Crippen LogP contribution in [0.5, 0.6) is 0 Å². The van der Waals surface area contributed by atoms with Crippen LogP contribution in [0.3, 0.4) is 0 Å². The van der Waals surface area contributed by atoms with Gasteiger partial charge in [-0.2, -0.15) is 5.10 Å². The van der Waals surface area contributed by atoms with E-state index in [0.29, 0.717) is 0 Å². The Balaban J connectivity index is 1.37. The maximum Gasteiger partial charge on any atom is 0.101 e. The van der Waals surface area contributed by atoms with Crippen LogP contribution in [0.15, 0.2) is 224 Å². The molecule has 2 aromatic heterocycles. The van der Waals surface area contributed by atoms with Crippen molar-refractivity contribution >= 4 is 33.4 Å². The highest BCUT2D eigenvalue weighted by atomic mass is 15.3. The summed E-state index contributed by atoms with van der Waals surface area (Å²) in [5.74, 6) is 0. The van der Waals surface area contributed by atoms with Gasteiger partial charge in [0.05, 0.1) is 22.6 Å². The minimum atomic E-state index is 0.944. The predicted octanol–water partition coefficient (Wildman–Crippen LogP) is 14.3. The number of hydrogen-bond donors (Lipinski definition) is 0. The number of para-hydroxylation sites is 1. The number of rotatable bonds is 8. The molecule has 3 nitrogen and oxygen atoms in total.